The van der Waals surface area contributed by atoms with Crippen LogP contribution in [0.2, 0.25) is 0 Å². The Labute approximate surface area is 99.6 Å². The lowest BCUT2D eigenvalue weighted by molar-refractivity contribution is 0.387. The monoisotopic (exact) mass is 232 g/mol. The smallest absolute Gasteiger partial charge is 0.172 e. The van der Waals surface area contributed by atoms with Crippen molar-refractivity contribution in [2.45, 2.75) is 0 Å². The van der Waals surface area contributed by atoms with Gasteiger partial charge in [0.1, 0.15) is 5.75 Å². The summed E-state index contributed by atoms with van der Waals surface area (Å²) in [5.41, 5.74) is 1.31. The molecule has 0 atom stereocenters. The first-order valence-electron chi connectivity index (χ1n) is 5.23. The largest absolute Gasteiger partial charge is 0.497 e. The first kappa shape index (κ1) is 11.5. The van der Waals surface area contributed by atoms with Crippen molar-refractivity contribution in [2.75, 3.05) is 14.2 Å². The lowest BCUT2D eigenvalue weighted by Crippen LogP contribution is -1.91. The SMILES string of the molecule is COc1ccc(-c2cccc(OC)c2F)cc1. The van der Waals surface area contributed by atoms with E-state index in [1.807, 2.05) is 12.1 Å². The molecule has 2 nitrogen and oxygen atoms in total. The van der Waals surface area contributed by atoms with Crippen LogP contribution in [0.3, 0.4) is 0 Å². The molecule has 0 fully saturated rings. The van der Waals surface area contributed by atoms with Crippen molar-refractivity contribution in [2.24, 2.45) is 0 Å². The van der Waals surface area contributed by atoms with E-state index in [0.29, 0.717) is 5.56 Å². The summed E-state index contributed by atoms with van der Waals surface area (Å²) >= 11 is 0. The molecule has 88 valence electrons. The van der Waals surface area contributed by atoms with Crippen LogP contribution < -0.4 is 9.47 Å². The normalized spacial score (nSPS) is 10.1. The Bertz CT molecular complexity index is 506. The van der Waals surface area contributed by atoms with Gasteiger partial charge in [0, 0.05) is 5.56 Å². The number of ether oxygens (including phenoxy) is 2. The minimum atomic E-state index is -0.347. The van der Waals surface area contributed by atoms with Gasteiger partial charge >= 0.3 is 0 Å². The summed E-state index contributed by atoms with van der Waals surface area (Å²) in [5.74, 6) is 0.649. The Balaban J connectivity index is 2.45. The lowest BCUT2D eigenvalue weighted by atomic mass is 10.0. The first-order chi connectivity index (χ1) is 8.26. The molecule has 0 amide bonds. The molecule has 0 unspecified atom stereocenters. The highest BCUT2D eigenvalue weighted by Crippen LogP contribution is 2.29. The molecule has 2 aromatic carbocycles. The van der Waals surface area contributed by atoms with Gasteiger partial charge in [0.2, 0.25) is 0 Å². The van der Waals surface area contributed by atoms with E-state index in [0.717, 1.165) is 11.3 Å². The van der Waals surface area contributed by atoms with E-state index < -0.39 is 0 Å². The third kappa shape index (κ3) is 2.23. The van der Waals surface area contributed by atoms with E-state index in [2.05, 4.69) is 0 Å². The lowest BCUT2D eigenvalue weighted by Gasteiger charge is -2.08. The molecular weight excluding hydrogens is 219 g/mol. The van der Waals surface area contributed by atoms with Crippen molar-refractivity contribution in [3.8, 4) is 22.6 Å². The van der Waals surface area contributed by atoms with Crippen LogP contribution in [0.4, 0.5) is 4.39 Å². The van der Waals surface area contributed by atoms with E-state index >= 15 is 0 Å². The van der Waals surface area contributed by atoms with Crippen molar-refractivity contribution in [3.63, 3.8) is 0 Å². The summed E-state index contributed by atoms with van der Waals surface area (Å²) < 4.78 is 24.0. The molecule has 0 heterocycles. The number of rotatable bonds is 3. The number of halogens is 1. The van der Waals surface area contributed by atoms with Crippen LogP contribution >= 0.6 is 0 Å². The summed E-state index contributed by atoms with van der Waals surface area (Å²) in [7, 11) is 3.05. The first-order valence-corrected chi connectivity index (χ1v) is 5.23. The molecule has 2 aromatic rings. The molecule has 0 aliphatic carbocycles. The van der Waals surface area contributed by atoms with Crippen LogP contribution in [0.1, 0.15) is 0 Å². The zero-order valence-electron chi connectivity index (χ0n) is 9.74. The fourth-order valence-corrected chi connectivity index (χ4v) is 1.66. The fourth-order valence-electron chi connectivity index (χ4n) is 1.66. The summed E-state index contributed by atoms with van der Waals surface area (Å²) in [6, 6.07) is 12.3. The van der Waals surface area contributed by atoms with Crippen molar-refractivity contribution < 1.29 is 13.9 Å². The zero-order valence-corrected chi connectivity index (χ0v) is 9.74. The van der Waals surface area contributed by atoms with Gasteiger partial charge in [0.25, 0.3) is 0 Å². The number of hydrogen-bond acceptors (Lipinski definition) is 2. The van der Waals surface area contributed by atoms with E-state index in [-0.39, 0.29) is 11.6 Å². The molecular formula is C14H13FO2. The Morgan fingerprint density at radius 2 is 1.59 bits per heavy atom. The minimum absolute atomic E-state index is 0.248. The molecule has 0 radical (unpaired) electrons. The van der Waals surface area contributed by atoms with Gasteiger partial charge in [-0.1, -0.05) is 24.3 Å². The van der Waals surface area contributed by atoms with Crippen molar-refractivity contribution in [1.29, 1.82) is 0 Å². The third-order valence-electron chi connectivity index (χ3n) is 2.58. The van der Waals surface area contributed by atoms with Gasteiger partial charge in [0.15, 0.2) is 11.6 Å². The van der Waals surface area contributed by atoms with E-state index in [1.54, 1.807) is 37.4 Å². The number of benzene rings is 2. The molecule has 0 spiro atoms. The van der Waals surface area contributed by atoms with Gasteiger partial charge in [-0.05, 0) is 23.8 Å². The van der Waals surface area contributed by atoms with Gasteiger partial charge < -0.3 is 9.47 Å². The third-order valence-corrected chi connectivity index (χ3v) is 2.58. The summed E-state index contributed by atoms with van der Waals surface area (Å²) in [6.07, 6.45) is 0. The predicted molar refractivity (Wildman–Crippen MR) is 64.9 cm³/mol. The molecule has 0 saturated heterocycles. The van der Waals surface area contributed by atoms with Crippen LogP contribution in [0.15, 0.2) is 42.5 Å². The van der Waals surface area contributed by atoms with E-state index in [9.17, 15) is 4.39 Å². The van der Waals surface area contributed by atoms with Gasteiger partial charge in [-0.3, -0.25) is 0 Å². The Morgan fingerprint density at radius 1 is 0.882 bits per heavy atom. The highest BCUT2D eigenvalue weighted by Gasteiger charge is 2.09. The van der Waals surface area contributed by atoms with Crippen LogP contribution in [0.5, 0.6) is 11.5 Å². The molecule has 0 aromatic heterocycles. The standard InChI is InChI=1S/C14H13FO2/c1-16-11-8-6-10(7-9-11)12-4-3-5-13(17-2)14(12)15/h3-9H,1-2H3. The van der Waals surface area contributed by atoms with Gasteiger partial charge in [-0.2, -0.15) is 0 Å². The van der Waals surface area contributed by atoms with E-state index in [1.165, 1.54) is 7.11 Å². The molecule has 0 aliphatic rings. The maximum Gasteiger partial charge on any atom is 0.172 e. The highest BCUT2D eigenvalue weighted by atomic mass is 19.1. The molecule has 3 heteroatoms. The topological polar surface area (TPSA) is 18.5 Å². The molecule has 17 heavy (non-hydrogen) atoms. The Hall–Kier alpha value is -2.03. The van der Waals surface area contributed by atoms with Gasteiger partial charge in [-0.15, -0.1) is 0 Å². The second-order valence-electron chi connectivity index (χ2n) is 3.55. The Morgan fingerprint density at radius 3 is 2.18 bits per heavy atom. The maximum atomic E-state index is 14.0. The number of methoxy groups -OCH3 is 2. The van der Waals surface area contributed by atoms with Gasteiger partial charge in [-0.25, -0.2) is 4.39 Å². The second-order valence-corrected chi connectivity index (χ2v) is 3.55. The molecule has 0 aliphatic heterocycles. The van der Waals surface area contributed by atoms with Crippen LogP contribution in [-0.2, 0) is 0 Å². The van der Waals surface area contributed by atoms with Crippen molar-refractivity contribution in [1.82, 2.24) is 0 Å². The van der Waals surface area contributed by atoms with Crippen LogP contribution in [0, 0.1) is 5.82 Å². The van der Waals surface area contributed by atoms with Crippen LogP contribution in [0.25, 0.3) is 11.1 Å². The number of hydrogen-bond donors (Lipinski definition) is 0. The predicted octanol–water partition coefficient (Wildman–Crippen LogP) is 3.51. The van der Waals surface area contributed by atoms with Gasteiger partial charge in [0.05, 0.1) is 14.2 Å². The second kappa shape index (κ2) is 4.87. The average molecular weight is 232 g/mol. The van der Waals surface area contributed by atoms with Crippen molar-refractivity contribution >= 4 is 0 Å². The molecule has 0 saturated carbocycles. The zero-order chi connectivity index (χ0) is 12.3. The molecule has 2 rings (SSSR count). The summed E-state index contributed by atoms with van der Waals surface area (Å²) in [4.78, 5) is 0. The van der Waals surface area contributed by atoms with E-state index in [4.69, 9.17) is 9.47 Å². The van der Waals surface area contributed by atoms with Crippen molar-refractivity contribution in [3.05, 3.63) is 48.3 Å². The summed E-state index contributed by atoms with van der Waals surface area (Å²) in [5, 5.41) is 0. The minimum Gasteiger partial charge on any atom is -0.497 e. The molecule has 0 bridgehead atoms. The fraction of sp³-hybridized carbons (Fsp3) is 0.143. The Kier molecular flexibility index (Phi) is 3.28. The quantitative estimate of drug-likeness (QED) is 0.806. The average Bonchev–Trinajstić information content (AvgIpc) is 2.39. The van der Waals surface area contributed by atoms with Crippen LogP contribution in [-0.4, -0.2) is 14.2 Å². The maximum absolute atomic E-state index is 14.0. The summed E-state index contributed by atoms with van der Waals surface area (Å²) in [6.45, 7) is 0. The highest BCUT2D eigenvalue weighted by molar-refractivity contribution is 5.66. The molecule has 0 N–H and O–H groups in total.